The molecule has 5 heteroatoms. The lowest BCUT2D eigenvalue weighted by Gasteiger charge is -2.10. The molecular formula is C14H15N3O2. The Bertz CT molecular complexity index is 570. The number of rotatable bonds is 5. The number of pyridine rings is 2. The number of aryl methyl sites for hydroxylation is 1. The molecule has 5 nitrogen and oxygen atoms in total. The molecule has 0 amide bonds. The predicted molar refractivity (Wildman–Crippen MR) is 72.4 cm³/mol. The van der Waals surface area contributed by atoms with Crippen LogP contribution in [0.2, 0.25) is 0 Å². The molecule has 0 saturated carbocycles. The molecule has 0 aliphatic heterocycles. The molecule has 0 fully saturated rings. The van der Waals surface area contributed by atoms with Crippen molar-refractivity contribution in [3.63, 3.8) is 0 Å². The highest BCUT2D eigenvalue weighted by Crippen LogP contribution is 2.16. The summed E-state index contributed by atoms with van der Waals surface area (Å²) in [6.07, 6.45) is 5.87. The summed E-state index contributed by atoms with van der Waals surface area (Å²) in [6, 6.07) is 5.56. The average molecular weight is 257 g/mol. The molecule has 0 saturated heterocycles. The van der Waals surface area contributed by atoms with Crippen LogP contribution in [0.1, 0.15) is 21.5 Å². The molecule has 2 aromatic heterocycles. The highest BCUT2D eigenvalue weighted by molar-refractivity contribution is 5.94. The van der Waals surface area contributed by atoms with Crippen molar-refractivity contribution in [2.24, 2.45) is 0 Å². The smallest absolute Gasteiger partial charge is 0.339 e. The Labute approximate surface area is 111 Å². The normalized spacial score (nSPS) is 10.2. The second-order valence-electron chi connectivity index (χ2n) is 4.19. The van der Waals surface area contributed by atoms with Gasteiger partial charge >= 0.3 is 5.97 Å². The van der Waals surface area contributed by atoms with E-state index in [1.165, 1.54) is 0 Å². The maximum atomic E-state index is 11.2. The van der Waals surface area contributed by atoms with Crippen molar-refractivity contribution in [1.29, 1.82) is 0 Å². The quantitative estimate of drug-likeness (QED) is 0.858. The molecule has 0 atom stereocenters. The summed E-state index contributed by atoms with van der Waals surface area (Å²) >= 11 is 0. The number of anilines is 1. The second kappa shape index (κ2) is 5.95. The molecule has 0 aliphatic rings. The van der Waals surface area contributed by atoms with Gasteiger partial charge in [-0.2, -0.15) is 0 Å². The van der Waals surface area contributed by atoms with Crippen LogP contribution in [-0.2, 0) is 6.42 Å². The summed E-state index contributed by atoms with van der Waals surface area (Å²) in [7, 11) is 0. The van der Waals surface area contributed by atoms with Crippen LogP contribution < -0.4 is 5.32 Å². The molecule has 2 rings (SSSR count). The number of hydrogen-bond donors (Lipinski definition) is 2. The van der Waals surface area contributed by atoms with Crippen molar-refractivity contribution in [3.8, 4) is 0 Å². The topological polar surface area (TPSA) is 75.1 Å². The summed E-state index contributed by atoms with van der Waals surface area (Å²) in [5.74, 6) is -0.543. The largest absolute Gasteiger partial charge is 0.478 e. The fourth-order valence-electron chi connectivity index (χ4n) is 1.84. The van der Waals surface area contributed by atoms with Gasteiger partial charge in [0.05, 0.1) is 0 Å². The average Bonchev–Trinajstić information content (AvgIpc) is 2.39. The van der Waals surface area contributed by atoms with E-state index in [4.69, 9.17) is 0 Å². The van der Waals surface area contributed by atoms with E-state index in [-0.39, 0.29) is 5.56 Å². The number of aromatic carboxylic acids is 1. The molecule has 0 aromatic carbocycles. The maximum absolute atomic E-state index is 11.2. The molecule has 2 aromatic rings. The summed E-state index contributed by atoms with van der Waals surface area (Å²) < 4.78 is 0. The third kappa shape index (κ3) is 3.28. The molecule has 0 spiro atoms. The molecular weight excluding hydrogens is 242 g/mol. The van der Waals surface area contributed by atoms with Crippen LogP contribution in [-0.4, -0.2) is 27.6 Å². The van der Waals surface area contributed by atoms with Gasteiger partial charge in [-0.15, -0.1) is 0 Å². The number of nitrogens with one attached hydrogen (secondary N) is 1. The van der Waals surface area contributed by atoms with E-state index in [0.717, 1.165) is 12.0 Å². The monoisotopic (exact) mass is 257 g/mol. The fourth-order valence-corrected chi connectivity index (χ4v) is 1.84. The zero-order chi connectivity index (χ0) is 13.7. The van der Waals surface area contributed by atoms with Gasteiger partial charge in [-0.25, -0.2) is 9.78 Å². The Morgan fingerprint density at radius 2 is 2.00 bits per heavy atom. The third-order valence-electron chi connectivity index (χ3n) is 2.83. The Balaban J connectivity index is 2.04. The Morgan fingerprint density at radius 3 is 2.68 bits per heavy atom. The van der Waals surface area contributed by atoms with Gasteiger partial charge in [-0.05, 0) is 42.7 Å². The Morgan fingerprint density at radius 1 is 1.26 bits per heavy atom. The third-order valence-corrected chi connectivity index (χ3v) is 2.83. The molecule has 98 valence electrons. The van der Waals surface area contributed by atoms with Gasteiger partial charge in [0.2, 0.25) is 0 Å². The molecule has 2 N–H and O–H groups in total. The van der Waals surface area contributed by atoms with Crippen molar-refractivity contribution >= 4 is 11.8 Å². The van der Waals surface area contributed by atoms with Gasteiger partial charge in [0.25, 0.3) is 0 Å². The zero-order valence-electron chi connectivity index (χ0n) is 10.6. The van der Waals surface area contributed by atoms with Gasteiger partial charge in [0.15, 0.2) is 0 Å². The van der Waals surface area contributed by atoms with E-state index in [1.807, 2.05) is 12.1 Å². The number of hydrogen-bond acceptors (Lipinski definition) is 4. The number of nitrogens with zero attached hydrogens (tertiary/aromatic N) is 2. The minimum absolute atomic E-state index is 0.234. The van der Waals surface area contributed by atoms with Crippen molar-refractivity contribution in [3.05, 3.63) is 53.5 Å². The van der Waals surface area contributed by atoms with Crippen molar-refractivity contribution in [1.82, 2.24) is 9.97 Å². The predicted octanol–water partition coefficient (Wildman–Crippen LogP) is 2.14. The first kappa shape index (κ1) is 13.0. The summed E-state index contributed by atoms with van der Waals surface area (Å²) in [4.78, 5) is 19.2. The lowest BCUT2D eigenvalue weighted by atomic mass is 10.1. The highest BCUT2D eigenvalue weighted by Gasteiger charge is 2.13. The van der Waals surface area contributed by atoms with Crippen LogP contribution in [0.4, 0.5) is 5.82 Å². The highest BCUT2D eigenvalue weighted by atomic mass is 16.4. The summed E-state index contributed by atoms with van der Waals surface area (Å²) in [6.45, 7) is 2.39. The van der Waals surface area contributed by atoms with E-state index < -0.39 is 5.97 Å². The van der Waals surface area contributed by atoms with Crippen LogP contribution in [0.5, 0.6) is 0 Å². The molecule has 0 radical (unpaired) electrons. The van der Waals surface area contributed by atoms with Gasteiger partial charge < -0.3 is 10.4 Å². The fraction of sp³-hybridized carbons (Fsp3) is 0.214. The Hall–Kier alpha value is -2.43. The van der Waals surface area contributed by atoms with E-state index in [2.05, 4.69) is 15.3 Å². The first-order valence-corrected chi connectivity index (χ1v) is 6.00. The van der Waals surface area contributed by atoms with Gasteiger partial charge in [-0.3, -0.25) is 4.98 Å². The first-order valence-electron chi connectivity index (χ1n) is 6.00. The molecule has 19 heavy (non-hydrogen) atoms. The van der Waals surface area contributed by atoms with Crippen molar-refractivity contribution in [2.75, 3.05) is 11.9 Å². The SMILES string of the molecule is Cc1ccnc(NCCc2ccncc2)c1C(=O)O. The number of carboxylic acids is 1. The van der Waals surface area contributed by atoms with Crippen molar-refractivity contribution in [2.45, 2.75) is 13.3 Å². The summed E-state index contributed by atoms with van der Waals surface area (Å²) in [5, 5.41) is 12.2. The van der Waals surface area contributed by atoms with Crippen LogP contribution in [0.15, 0.2) is 36.8 Å². The van der Waals surface area contributed by atoms with E-state index in [1.54, 1.807) is 31.6 Å². The molecule has 0 aliphatic carbocycles. The first-order chi connectivity index (χ1) is 9.18. The summed E-state index contributed by atoms with van der Waals surface area (Å²) in [5.41, 5.74) is 2.08. The van der Waals surface area contributed by atoms with E-state index in [0.29, 0.717) is 17.9 Å². The maximum Gasteiger partial charge on any atom is 0.339 e. The van der Waals surface area contributed by atoms with Crippen LogP contribution in [0, 0.1) is 6.92 Å². The van der Waals surface area contributed by atoms with E-state index >= 15 is 0 Å². The lowest BCUT2D eigenvalue weighted by Crippen LogP contribution is -2.12. The number of carbonyl (C=O) groups is 1. The van der Waals surface area contributed by atoms with Crippen LogP contribution in [0.3, 0.4) is 0 Å². The van der Waals surface area contributed by atoms with Crippen molar-refractivity contribution < 1.29 is 9.90 Å². The standard InChI is InChI=1S/C14H15N3O2/c1-10-2-8-16-13(12(10)14(18)19)17-9-5-11-3-6-15-7-4-11/h2-4,6-8H,5,9H2,1H3,(H,16,17)(H,18,19). The van der Waals surface area contributed by atoms with Gasteiger partial charge in [-0.1, -0.05) is 0 Å². The number of aromatic nitrogens is 2. The van der Waals surface area contributed by atoms with Gasteiger partial charge in [0, 0.05) is 25.1 Å². The minimum atomic E-state index is -0.961. The number of carboxylic acid groups (broad SMARTS) is 1. The van der Waals surface area contributed by atoms with Crippen LogP contribution in [0.25, 0.3) is 0 Å². The lowest BCUT2D eigenvalue weighted by molar-refractivity contribution is 0.0697. The molecule has 0 bridgehead atoms. The second-order valence-corrected chi connectivity index (χ2v) is 4.19. The minimum Gasteiger partial charge on any atom is -0.478 e. The molecule has 2 heterocycles. The van der Waals surface area contributed by atoms with Gasteiger partial charge in [0.1, 0.15) is 11.4 Å². The molecule has 0 unspecified atom stereocenters. The zero-order valence-corrected chi connectivity index (χ0v) is 10.6. The van der Waals surface area contributed by atoms with E-state index in [9.17, 15) is 9.90 Å². The Kier molecular flexibility index (Phi) is 4.07. The van der Waals surface area contributed by atoms with Crippen LogP contribution >= 0.6 is 0 Å².